The summed E-state index contributed by atoms with van der Waals surface area (Å²) in [7, 11) is 2.12. The fourth-order valence-electron chi connectivity index (χ4n) is 1.82. The molecule has 5 heteroatoms. The Labute approximate surface area is 118 Å². The van der Waals surface area contributed by atoms with E-state index in [1.807, 2.05) is 24.5 Å². The van der Waals surface area contributed by atoms with Crippen molar-refractivity contribution < 1.29 is 0 Å². The van der Waals surface area contributed by atoms with Crippen LogP contribution in [0.3, 0.4) is 0 Å². The van der Waals surface area contributed by atoms with E-state index in [4.69, 9.17) is 0 Å². The van der Waals surface area contributed by atoms with E-state index in [0.717, 1.165) is 37.6 Å². The smallest absolute Gasteiger partial charge is 0.144 e. The number of anilines is 1. The SMILES string of the molecule is CCNc1cnc(CN(C)CCc2cccs2)cn1. The van der Waals surface area contributed by atoms with Crippen molar-refractivity contribution in [1.82, 2.24) is 14.9 Å². The molecule has 0 saturated heterocycles. The molecule has 0 unspecified atom stereocenters. The van der Waals surface area contributed by atoms with Gasteiger partial charge in [-0.2, -0.15) is 0 Å². The van der Waals surface area contributed by atoms with E-state index in [9.17, 15) is 0 Å². The van der Waals surface area contributed by atoms with Gasteiger partial charge >= 0.3 is 0 Å². The molecule has 2 aromatic heterocycles. The second kappa shape index (κ2) is 7.21. The molecule has 0 aliphatic rings. The molecule has 19 heavy (non-hydrogen) atoms. The summed E-state index contributed by atoms with van der Waals surface area (Å²) in [6, 6.07) is 4.29. The first-order valence-corrected chi connectivity index (χ1v) is 7.41. The molecule has 2 aromatic rings. The van der Waals surface area contributed by atoms with Crippen molar-refractivity contribution in [3.8, 4) is 0 Å². The van der Waals surface area contributed by atoms with E-state index < -0.39 is 0 Å². The Balaban J connectivity index is 1.79. The van der Waals surface area contributed by atoms with Crippen LogP contribution in [-0.4, -0.2) is 35.0 Å². The average molecular weight is 276 g/mol. The van der Waals surface area contributed by atoms with Gasteiger partial charge in [-0.05, 0) is 31.8 Å². The van der Waals surface area contributed by atoms with Gasteiger partial charge in [0.1, 0.15) is 5.82 Å². The lowest BCUT2D eigenvalue weighted by Gasteiger charge is -2.15. The van der Waals surface area contributed by atoms with Gasteiger partial charge in [-0.25, -0.2) is 4.98 Å². The lowest BCUT2D eigenvalue weighted by atomic mass is 10.3. The third-order valence-corrected chi connectivity index (χ3v) is 3.75. The normalized spacial score (nSPS) is 10.9. The van der Waals surface area contributed by atoms with Crippen LogP contribution in [0.25, 0.3) is 0 Å². The quantitative estimate of drug-likeness (QED) is 0.844. The van der Waals surface area contributed by atoms with Crippen LogP contribution in [0.2, 0.25) is 0 Å². The van der Waals surface area contributed by atoms with Crippen molar-refractivity contribution in [2.75, 3.05) is 25.5 Å². The maximum Gasteiger partial charge on any atom is 0.144 e. The number of aromatic nitrogens is 2. The molecule has 0 fully saturated rings. The Kier molecular flexibility index (Phi) is 5.30. The predicted octanol–water partition coefficient (Wildman–Crippen LogP) is 2.64. The van der Waals surface area contributed by atoms with Crippen LogP contribution in [0.1, 0.15) is 17.5 Å². The molecule has 2 rings (SSSR count). The number of nitrogens with one attached hydrogen (secondary N) is 1. The minimum atomic E-state index is 0.838. The van der Waals surface area contributed by atoms with Gasteiger partial charge in [-0.3, -0.25) is 4.98 Å². The fraction of sp³-hybridized carbons (Fsp3) is 0.429. The minimum Gasteiger partial charge on any atom is -0.369 e. The van der Waals surface area contributed by atoms with Crippen molar-refractivity contribution >= 4 is 17.2 Å². The van der Waals surface area contributed by atoms with E-state index >= 15 is 0 Å². The topological polar surface area (TPSA) is 41.1 Å². The number of likely N-dealkylation sites (N-methyl/N-ethyl adjacent to an activating group) is 1. The molecule has 1 N–H and O–H groups in total. The highest BCUT2D eigenvalue weighted by Gasteiger charge is 2.03. The molecule has 0 radical (unpaired) electrons. The Morgan fingerprint density at radius 1 is 1.32 bits per heavy atom. The van der Waals surface area contributed by atoms with Gasteiger partial charge in [0.25, 0.3) is 0 Å². The number of hydrogen-bond donors (Lipinski definition) is 1. The van der Waals surface area contributed by atoms with Crippen LogP contribution in [0, 0.1) is 0 Å². The highest BCUT2D eigenvalue weighted by molar-refractivity contribution is 7.09. The maximum atomic E-state index is 4.42. The predicted molar refractivity (Wildman–Crippen MR) is 80.6 cm³/mol. The van der Waals surface area contributed by atoms with Gasteiger partial charge in [-0.15, -0.1) is 11.3 Å². The van der Waals surface area contributed by atoms with Crippen LogP contribution < -0.4 is 5.32 Å². The van der Waals surface area contributed by atoms with E-state index in [1.165, 1.54) is 4.88 Å². The third-order valence-electron chi connectivity index (χ3n) is 2.82. The zero-order chi connectivity index (χ0) is 13.5. The maximum absolute atomic E-state index is 4.42. The molecule has 0 aromatic carbocycles. The monoisotopic (exact) mass is 276 g/mol. The Morgan fingerprint density at radius 2 is 2.21 bits per heavy atom. The second-order valence-electron chi connectivity index (χ2n) is 4.49. The molecule has 2 heterocycles. The second-order valence-corrected chi connectivity index (χ2v) is 5.52. The van der Waals surface area contributed by atoms with Gasteiger partial charge in [0, 0.05) is 24.5 Å². The molecule has 0 aliphatic heterocycles. The number of nitrogens with zero attached hydrogens (tertiary/aromatic N) is 3. The van der Waals surface area contributed by atoms with Crippen molar-refractivity contribution in [2.24, 2.45) is 0 Å². The zero-order valence-electron chi connectivity index (χ0n) is 11.5. The molecular formula is C14H20N4S. The molecular weight excluding hydrogens is 256 g/mol. The molecule has 102 valence electrons. The molecule has 0 spiro atoms. The van der Waals surface area contributed by atoms with Crippen LogP contribution in [-0.2, 0) is 13.0 Å². The number of hydrogen-bond acceptors (Lipinski definition) is 5. The van der Waals surface area contributed by atoms with Gasteiger partial charge in [0.2, 0.25) is 0 Å². The first-order valence-electron chi connectivity index (χ1n) is 6.53. The van der Waals surface area contributed by atoms with Crippen LogP contribution in [0.15, 0.2) is 29.9 Å². The zero-order valence-corrected chi connectivity index (χ0v) is 12.3. The first kappa shape index (κ1) is 14.0. The summed E-state index contributed by atoms with van der Waals surface area (Å²) in [6.45, 7) is 4.80. The van der Waals surface area contributed by atoms with E-state index in [-0.39, 0.29) is 0 Å². The standard InChI is InChI=1S/C14H20N4S/c1-3-15-14-10-16-12(9-17-14)11-18(2)7-6-13-5-4-8-19-13/h4-5,8-10H,3,6-7,11H2,1-2H3,(H,15,17). The lowest BCUT2D eigenvalue weighted by Crippen LogP contribution is -2.21. The van der Waals surface area contributed by atoms with Crippen molar-refractivity contribution in [2.45, 2.75) is 19.9 Å². The van der Waals surface area contributed by atoms with Crippen molar-refractivity contribution in [3.63, 3.8) is 0 Å². The summed E-state index contributed by atoms with van der Waals surface area (Å²) in [6.07, 6.45) is 4.74. The van der Waals surface area contributed by atoms with Gasteiger partial charge in [0.15, 0.2) is 0 Å². The van der Waals surface area contributed by atoms with E-state index in [2.05, 4.69) is 44.7 Å². The van der Waals surface area contributed by atoms with Crippen LogP contribution in [0.4, 0.5) is 5.82 Å². The molecule has 0 atom stereocenters. The summed E-state index contributed by atoms with van der Waals surface area (Å²) in [5.41, 5.74) is 1.01. The summed E-state index contributed by atoms with van der Waals surface area (Å²) in [5, 5.41) is 5.27. The molecule has 0 bridgehead atoms. The summed E-state index contributed by atoms with van der Waals surface area (Å²) >= 11 is 1.82. The Morgan fingerprint density at radius 3 is 2.84 bits per heavy atom. The van der Waals surface area contributed by atoms with Crippen molar-refractivity contribution in [1.29, 1.82) is 0 Å². The summed E-state index contributed by atoms with van der Waals surface area (Å²) in [4.78, 5) is 12.5. The highest BCUT2D eigenvalue weighted by Crippen LogP contribution is 2.10. The largest absolute Gasteiger partial charge is 0.369 e. The Hall–Kier alpha value is -1.46. The summed E-state index contributed by atoms with van der Waals surface area (Å²) < 4.78 is 0. The molecule has 0 aliphatic carbocycles. The fourth-order valence-corrected chi connectivity index (χ4v) is 2.52. The van der Waals surface area contributed by atoms with E-state index in [0.29, 0.717) is 0 Å². The van der Waals surface area contributed by atoms with Gasteiger partial charge < -0.3 is 10.2 Å². The van der Waals surface area contributed by atoms with Gasteiger partial charge in [-0.1, -0.05) is 6.07 Å². The average Bonchev–Trinajstić information content (AvgIpc) is 2.92. The third kappa shape index (κ3) is 4.61. The molecule has 0 saturated carbocycles. The number of thiophene rings is 1. The Bertz CT molecular complexity index is 467. The molecule has 4 nitrogen and oxygen atoms in total. The lowest BCUT2D eigenvalue weighted by molar-refractivity contribution is 0.327. The molecule has 0 amide bonds. The highest BCUT2D eigenvalue weighted by atomic mass is 32.1. The number of rotatable bonds is 7. The van der Waals surface area contributed by atoms with Crippen molar-refractivity contribution in [3.05, 3.63) is 40.5 Å². The van der Waals surface area contributed by atoms with Crippen LogP contribution in [0.5, 0.6) is 0 Å². The first-order chi connectivity index (χ1) is 9.28. The summed E-state index contributed by atoms with van der Waals surface area (Å²) in [5.74, 6) is 0.840. The van der Waals surface area contributed by atoms with Gasteiger partial charge in [0.05, 0.1) is 18.1 Å². The minimum absolute atomic E-state index is 0.838. The van der Waals surface area contributed by atoms with Crippen LogP contribution >= 0.6 is 11.3 Å². The van der Waals surface area contributed by atoms with E-state index in [1.54, 1.807) is 6.20 Å².